The lowest BCUT2D eigenvalue weighted by Gasteiger charge is -2.32. The Kier molecular flexibility index (Phi) is 7.50. The number of pyridine rings is 1. The zero-order valence-corrected chi connectivity index (χ0v) is 20.5. The van der Waals surface area contributed by atoms with Crippen molar-refractivity contribution in [3.05, 3.63) is 62.7 Å². The van der Waals surface area contributed by atoms with E-state index in [2.05, 4.69) is 32.6 Å². The molecule has 0 unspecified atom stereocenters. The zero-order valence-electron chi connectivity index (χ0n) is 19.0. The molecule has 0 aliphatic carbocycles. The third kappa shape index (κ3) is 5.41. The largest absolute Gasteiger partial charge is 0.338 e. The average molecular weight is 497 g/mol. The van der Waals surface area contributed by atoms with E-state index in [1.54, 1.807) is 27.1 Å². The number of carbonyl (C=O) groups excluding carboxylic acids is 2. The molecule has 0 radical (unpaired) electrons. The number of hydrogen-bond donors (Lipinski definition) is 2. The standard InChI is InChI=1S/C24H25ClN6O2S/c1-3-26-24(33)30-10-8-18(9-11-30)31-21(20(25)15-28-31)23(32)29-22-16(2)13-17(14-27-22)6-7-19-5-4-12-34-19/h4-5,12-15,18H,3,8-11H2,1-2H3,(H,26,33)(H,27,29,32). The molecule has 1 saturated heterocycles. The second-order valence-electron chi connectivity index (χ2n) is 7.91. The Morgan fingerprint density at radius 2 is 2.06 bits per heavy atom. The Morgan fingerprint density at radius 1 is 1.26 bits per heavy atom. The van der Waals surface area contributed by atoms with Crippen molar-refractivity contribution < 1.29 is 9.59 Å². The summed E-state index contributed by atoms with van der Waals surface area (Å²) >= 11 is 7.92. The molecule has 1 aliphatic heterocycles. The van der Waals surface area contributed by atoms with E-state index >= 15 is 0 Å². The van der Waals surface area contributed by atoms with Crippen LogP contribution in [0.2, 0.25) is 5.02 Å². The smallest absolute Gasteiger partial charge is 0.317 e. The molecular formula is C24H25ClN6O2S. The van der Waals surface area contributed by atoms with Gasteiger partial charge in [0.1, 0.15) is 11.5 Å². The number of hydrogen-bond acceptors (Lipinski definition) is 5. The van der Waals surface area contributed by atoms with Crippen LogP contribution in [0.1, 0.15) is 52.3 Å². The van der Waals surface area contributed by atoms with Gasteiger partial charge in [-0.2, -0.15) is 5.10 Å². The highest BCUT2D eigenvalue weighted by molar-refractivity contribution is 7.10. The summed E-state index contributed by atoms with van der Waals surface area (Å²) < 4.78 is 1.67. The lowest BCUT2D eigenvalue weighted by atomic mass is 10.1. The van der Waals surface area contributed by atoms with E-state index in [4.69, 9.17) is 11.6 Å². The van der Waals surface area contributed by atoms with Crippen molar-refractivity contribution in [1.29, 1.82) is 0 Å². The summed E-state index contributed by atoms with van der Waals surface area (Å²) in [6.45, 7) is 5.53. The van der Waals surface area contributed by atoms with E-state index in [9.17, 15) is 9.59 Å². The maximum atomic E-state index is 13.1. The zero-order chi connectivity index (χ0) is 24.1. The molecule has 1 aliphatic rings. The molecule has 4 heterocycles. The van der Waals surface area contributed by atoms with Crippen LogP contribution in [0.3, 0.4) is 0 Å². The molecule has 3 aromatic heterocycles. The van der Waals surface area contributed by atoms with E-state index in [1.165, 1.54) is 6.20 Å². The molecule has 0 saturated carbocycles. The molecule has 0 atom stereocenters. The summed E-state index contributed by atoms with van der Waals surface area (Å²) in [5.74, 6) is 6.27. The summed E-state index contributed by atoms with van der Waals surface area (Å²) in [6, 6.07) is 5.71. The normalized spacial score (nSPS) is 13.8. The Morgan fingerprint density at radius 3 is 2.74 bits per heavy atom. The molecule has 3 aromatic rings. The molecule has 4 rings (SSSR count). The van der Waals surface area contributed by atoms with Crippen LogP contribution in [0.25, 0.3) is 0 Å². The summed E-state index contributed by atoms with van der Waals surface area (Å²) in [4.78, 5) is 32.4. The number of nitrogens with one attached hydrogen (secondary N) is 2. The first kappa shape index (κ1) is 23.8. The van der Waals surface area contributed by atoms with E-state index < -0.39 is 0 Å². The number of rotatable bonds is 4. The number of anilines is 1. The van der Waals surface area contributed by atoms with Gasteiger partial charge in [0.15, 0.2) is 0 Å². The molecule has 0 aromatic carbocycles. The van der Waals surface area contributed by atoms with Crippen molar-refractivity contribution in [3.63, 3.8) is 0 Å². The molecule has 1 fully saturated rings. The molecule has 3 amide bonds. The van der Waals surface area contributed by atoms with Crippen LogP contribution in [0.4, 0.5) is 10.6 Å². The van der Waals surface area contributed by atoms with Gasteiger partial charge in [-0.05, 0) is 49.8 Å². The molecule has 2 N–H and O–H groups in total. The second kappa shape index (κ2) is 10.7. The summed E-state index contributed by atoms with van der Waals surface area (Å²) in [6.07, 6.45) is 4.49. The van der Waals surface area contributed by atoms with E-state index in [0.29, 0.717) is 44.0 Å². The Hall–Kier alpha value is -3.35. The minimum absolute atomic E-state index is 0.0251. The van der Waals surface area contributed by atoms with Crippen molar-refractivity contribution in [3.8, 4) is 11.8 Å². The van der Waals surface area contributed by atoms with E-state index in [0.717, 1.165) is 16.0 Å². The highest BCUT2D eigenvalue weighted by Gasteiger charge is 2.28. The number of amides is 3. The van der Waals surface area contributed by atoms with Crippen LogP contribution in [0.15, 0.2) is 36.0 Å². The molecule has 10 heteroatoms. The minimum Gasteiger partial charge on any atom is -0.338 e. The van der Waals surface area contributed by atoms with Crippen molar-refractivity contribution >= 4 is 40.7 Å². The fourth-order valence-corrected chi connectivity index (χ4v) is 4.62. The van der Waals surface area contributed by atoms with Crippen LogP contribution in [0, 0.1) is 18.8 Å². The van der Waals surface area contributed by atoms with Crippen molar-refractivity contribution in [2.45, 2.75) is 32.7 Å². The Balaban J connectivity index is 1.45. The van der Waals surface area contributed by atoms with Gasteiger partial charge >= 0.3 is 6.03 Å². The lowest BCUT2D eigenvalue weighted by Crippen LogP contribution is -2.45. The van der Waals surface area contributed by atoms with Crippen LogP contribution >= 0.6 is 22.9 Å². The Labute approximate surface area is 207 Å². The van der Waals surface area contributed by atoms with Gasteiger partial charge in [0, 0.05) is 31.4 Å². The molecule has 176 valence electrons. The third-order valence-electron chi connectivity index (χ3n) is 5.55. The molecule has 34 heavy (non-hydrogen) atoms. The topological polar surface area (TPSA) is 92.2 Å². The quantitative estimate of drug-likeness (QED) is 0.526. The summed E-state index contributed by atoms with van der Waals surface area (Å²) in [7, 11) is 0. The van der Waals surface area contributed by atoms with E-state index in [-0.39, 0.29) is 23.0 Å². The maximum Gasteiger partial charge on any atom is 0.317 e. The monoisotopic (exact) mass is 496 g/mol. The molecular weight excluding hydrogens is 472 g/mol. The van der Waals surface area contributed by atoms with Crippen LogP contribution < -0.4 is 10.6 Å². The van der Waals surface area contributed by atoms with Gasteiger partial charge in [-0.1, -0.05) is 29.5 Å². The highest BCUT2D eigenvalue weighted by atomic mass is 35.5. The molecule has 8 nitrogen and oxygen atoms in total. The fraction of sp³-hybridized carbons (Fsp3) is 0.333. The first-order chi connectivity index (χ1) is 16.5. The Bertz CT molecular complexity index is 1240. The fourth-order valence-electron chi connectivity index (χ4n) is 3.83. The minimum atomic E-state index is -0.373. The van der Waals surface area contributed by atoms with Crippen molar-refractivity contribution in [1.82, 2.24) is 25.0 Å². The van der Waals surface area contributed by atoms with Gasteiger partial charge in [-0.3, -0.25) is 9.48 Å². The predicted octanol–water partition coefficient (Wildman–Crippen LogP) is 4.32. The number of likely N-dealkylation sites (tertiary alicyclic amines) is 1. The van der Waals surface area contributed by atoms with Crippen LogP contribution in [-0.4, -0.2) is 51.2 Å². The first-order valence-corrected chi connectivity index (χ1v) is 12.3. The number of thiophene rings is 1. The first-order valence-electron chi connectivity index (χ1n) is 11.1. The molecule has 0 bridgehead atoms. The number of aryl methyl sites for hydroxylation is 1. The number of aromatic nitrogens is 3. The number of piperidine rings is 1. The maximum absolute atomic E-state index is 13.1. The van der Waals surface area contributed by atoms with Crippen LogP contribution in [0.5, 0.6) is 0 Å². The van der Waals surface area contributed by atoms with Gasteiger partial charge in [0.2, 0.25) is 0 Å². The third-order valence-corrected chi connectivity index (χ3v) is 6.61. The number of nitrogens with zero attached hydrogens (tertiary/aromatic N) is 4. The number of halogens is 1. The van der Waals surface area contributed by atoms with Gasteiger partial charge in [-0.25, -0.2) is 9.78 Å². The molecule has 0 spiro atoms. The second-order valence-corrected chi connectivity index (χ2v) is 9.27. The van der Waals surface area contributed by atoms with Gasteiger partial charge in [0.05, 0.1) is 22.1 Å². The summed E-state index contributed by atoms with van der Waals surface area (Å²) in [5, 5.41) is 12.3. The lowest BCUT2D eigenvalue weighted by molar-refractivity contribution is 0.100. The summed E-state index contributed by atoms with van der Waals surface area (Å²) in [5.41, 5.74) is 1.86. The SMILES string of the molecule is CCNC(=O)N1CCC(n2ncc(Cl)c2C(=O)Nc2ncc(C#Cc3cccs3)cc2C)CC1. The number of urea groups is 1. The van der Waals surface area contributed by atoms with Crippen molar-refractivity contribution in [2.24, 2.45) is 0 Å². The van der Waals surface area contributed by atoms with Gasteiger partial charge in [0.25, 0.3) is 5.91 Å². The predicted molar refractivity (Wildman–Crippen MR) is 133 cm³/mol. The van der Waals surface area contributed by atoms with Gasteiger partial charge in [-0.15, -0.1) is 11.3 Å². The van der Waals surface area contributed by atoms with E-state index in [1.807, 2.05) is 37.4 Å². The highest BCUT2D eigenvalue weighted by Crippen LogP contribution is 2.27. The van der Waals surface area contributed by atoms with Gasteiger partial charge < -0.3 is 15.5 Å². The number of carbonyl (C=O) groups is 2. The van der Waals surface area contributed by atoms with Crippen LogP contribution in [-0.2, 0) is 0 Å². The van der Waals surface area contributed by atoms with Crippen molar-refractivity contribution in [2.75, 3.05) is 25.0 Å². The average Bonchev–Trinajstić information content (AvgIpc) is 3.49.